The highest BCUT2D eigenvalue weighted by Crippen LogP contribution is 2.44. The zero-order valence-corrected chi connectivity index (χ0v) is 12.1. The summed E-state index contributed by atoms with van der Waals surface area (Å²) in [5.74, 6) is 0.702. The van der Waals surface area contributed by atoms with Gasteiger partial charge in [0.2, 0.25) is 0 Å². The van der Waals surface area contributed by atoms with Gasteiger partial charge in [-0.2, -0.15) is 5.26 Å². The first-order valence-corrected chi connectivity index (χ1v) is 7.61. The van der Waals surface area contributed by atoms with Gasteiger partial charge in [0.25, 0.3) is 0 Å². The second-order valence-electron chi connectivity index (χ2n) is 5.20. The summed E-state index contributed by atoms with van der Waals surface area (Å²) >= 11 is 2.86. The lowest BCUT2D eigenvalue weighted by Crippen LogP contribution is -2.26. The van der Waals surface area contributed by atoms with Gasteiger partial charge in [0.15, 0.2) is 5.78 Å². The number of fused-ring (bicyclic) bond motifs is 1. The Morgan fingerprint density at radius 1 is 1.50 bits per heavy atom. The van der Waals surface area contributed by atoms with Gasteiger partial charge in [0.1, 0.15) is 10.9 Å². The Morgan fingerprint density at radius 2 is 2.22 bits per heavy atom. The van der Waals surface area contributed by atoms with E-state index in [9.17, 15) is 10.1 Å². The largest absolute Gasteiger partial charge is 0.396 e. The van der Waals surface area contributed by atoms with E-state index >= 15 is 0 Å². The van der Waals surface area contributed by atoms with Crippen molar-refractivity contribution in [2.24, 2.45) is 5.41 Å². The van der Waals surface area contributed by atoms with Crippen LogP contribution >= 0.6 is 23.1 Å². The first-order chi connectivity index (χ1) is 8.48. The highest BCUT2D eigenvalue weighted by atomic mass is 32.2. The molecule has 0 spiro atoms. The Kier molecular flexibility index (Phi) is 3.81. The van der Waals surface area contributed by atoms with Crippen LogP contribution in [0.15, 0.2) is 4.21 Å². The minimum Gasteiger partial charge on any atom is -0.396 e. The van der Waals surface area contributed by atoms with Crippen LogP contribution in [0.5, 0.6) is 0 Å². The Hall–Kier alpha value is -0.830. The van der Waals surface area contributed by atoms with Gasteiger partial charge in [0, 0.05) is 17.7 Å². The molecule has 1 aromatic heterocycles. The molecule has 18 heavy (non-hydrogen) atoms. The van der Waals surface area contributed by atoms with Crippen molar-refractivity contribution in [2.75, 3.05) is 12.4 Å². The number of ketones is 1. The van der Waals surface area contributed by atoms with Crippen molar-refractivity contribution >= 4 is 28.9 Å². The number of nitriles is 1. The first kappa shape index (κ1) is 13.6. The lowest BCUT2D eigenvalue weighted by molar-refractivity contribution is 0.0910. The number of hydrogen-bond donors (Lipinski definition) is 1. The van der Waals surface area contributed by atoms with Crippen molar-refractivity contribution in [3.05, 3.63) is 16.0 Å². The van der Waals surface area contributed by atoms with Crippen LogP contribution in [0.1, 0.15) is 41.1 Å². The SMILES string of the molecule is CC1(C)CC(=O)c2c(SCCO)sc(C#N)c2C1. The highest BCUT2D eigenvalue weighted by Gasteiger charge is 2.36. The van der Waals surface area contributed by atoms with Gasteiger partial charge in [-0.25, -0.2) is 0 Å². The molecular weight excluding hydrogens is 266 g/mol. The molecular formula is C13H15NO2S2. The quantitative estimate of drug-likeness (QED) is 0.865. The number of aliphatic hydroxyl groups is 1. The average Bonchev–Trinajstić information content (AvgIpc) is 2.62. The van der Waals surface area contributed by atoms with E-state index in [1.165, 1.54) is 23.1 Å². The van der Waals surface area contributed by atoms with Gasteiger partial charge in [-0.15, -0.1) is 23.1 Å². The highest BCUT2D eigenvalue weighted by molar-refractivity contribution is 8.01. The minimum absolute atomic E-state index is 0.0598. The third-order valence-electron chi connectivity index (χ3n) is 2.97. The summed E-state index contributed by atoms with van der Waals surface area (Å²) in [6, 6.07) is 2.20. The van der Waals surface area contributed by atoms with Crippen LogP contribution in [-0.2, 0) is 6.42 Å². The van der Waals surface area contributed by atoms with E-state index in [0.717, 1.165) is 21.8 Å². The molecule has 0 radical (unpaired) electrons. The number of thiophene rings is 1. The lowest BCUT2D eigenvalue weighted by Gasteiger charge is -2.28. The summed E-state index contributed by atoms with van der Waals surface area (Å²) in [5.41, 5.74) is 1.61. The fraction of sp³-hybridized carbons (Fsp3) is 0.538. The van der Waals surface area contributed by atoms with Gasteiger partial charge in [-0.05, 0) is 17.4 Å². The molecule has 0 saturated carbocycles. The molecule has 1 aromatic rings. The Balaban J connectivity index is 2.47. The zero-order chi connectivity index (χ0) is 13.3. The molecule has 3 nitrogen and oxygen atoms in total. The molecule has 1 N–H and O–H groups in total. The van der Waals surface area contributed by atoms with E-state index in [1.54, 1.807) is 0 Å². The standard InChI is InChI=1S/C13H15NO2S2/c1-13(2)5-8-10(7-14)18-12(17-4-3-15)11(8)9(16)6-13/h15H,3-6H2,1-2H3. The van der Waals surface area contributed by atoms with Crippen LogP contribution in [0.25, 0.3) is 0 Å². The summed E-state index contributed by atoms with van der Waals surface area (Å²) in [5, 5.41) is 18.1. The van der Waals surface area contributed by atoms with E-state index in [2.05, 4.69) is 19.9 Å². The summed E-state index contributed by atoms with van der Waals surface area (Å²) < 4.78 is 0.899. The first-order valence-electron chi connectivity index (χ1n) is 5.81. The van der Waals surface area contributed by atoms with Gasteiger partial charge in [-0.1, -0.05) is 13.8 Å². The van der Waals surface area contributed by atoms with E-state index in [-0.39, 0.29) is 17.8 Å². The number of aliphatic hydroxyl groups excluding tert-OH is 1. The number of carbonyl (C=O) groups excluding carboxylic acids is 1. The van der Waals surface area contributed by atoms with Crippen molar-refractivity contribution in [1.82, 2.24) is 0 Å². The second kappa shape index (κ2) is 5.04. The third kappa shape index (κ3) is 2.46. The molecule has 0 unspecified atom stereocenters. The minimum atomic E-state index is -0.0598. The molecule has 96 valence electrons. The van der Waals surface area contributed by atoms with Crippen molar-refractivity contribution in [2.45, 2.75) is 30.9 Å². The van der Waals surface area contributed by atoms with Crippen molar-refractivity contribution in [3.8, 4) is 6.07 Å². The van der Waals surface area contributed by atoms with Crippen LogP contribution in [0.2, 0.25) is 0 Å². The number of hydrogen-bond acceptors (Lipinski definition) is 5. The Bertz CT molecular complexity index is 526. The van der Waals surface area contributed by atoms with E-state index < -0.39 is 0 Å². The van der Waals surface area contributed by atoms with Crippen molar-refractivity contribution in [3.63, 3.8) is 0 Å². The molecule has 0 bridgehead atoms. The maximum absolute atomic E-state index is 12.2. The van der Waals surface area contributed by atoms with Gasteiger partial charge in [0.05, 0.1) is 10.8 Å². The summed E-state index contributed by atoms with van der Waals surface area (Å²) in [6.45, 7) is 4.21. The summed E-state index contributed by atoms with van der Waals surface area (Å²) in [4.78, 5) is 12.9. The fourth-order valence-electron chi connectivity index (χ4n) is 2.29. The van der Waals surface area contributed by atoms with Crippen LogP contribution in [0.3, 0.4) is 0 Å². The topological polar surface area (TPSA) is 61.1 Å². The maximum Gasteiger partial charge on any atom is 0.165 e. The van der Waals surface area contributed by atoms with Gasteiger partial charge < -0.3 is 5.11 Å². The molecule has 1 heterocycles. The number of nitrogens with zero attached hydrogens (tertiary/aromatic N) is 1. The molecule has 2 rings (SSSR count). The fourth-order valence-corrected chi connectivity index (χ4v) is 4.55. The van der Waals surface area contributed by atoms with Crippen LogP contribution < -0.4 is 0 Å². The van der Waals surface area contributed by atoms with Crippen LogP contribution in [0.4, 0.5) is 0 Å². The monoisotopic (exact) mass is 281 g/mol. The lowest BCUT2D eigenvalue weighted by atomic mass is 9.74. The van der Waals surface area contributed by atoms with E-state index in [1.807, 2.05) is 0 Å². The third-order valence-corrected chi connectivity index (χ3v) is 5.36. The molecule has 1 aliphatic rings. The number of carbonyl (C=O) groups is 1. The van der Waals surface area contributed by atoms with Gasteiger partial charge >= 0.3 is 0 Å². The summed E-state index contributed by atoms with van der Waals surface area (Å²) in [7, 11) is 0. The predicted octanol–water partition coefficient (Wildman–Crippen LogP) is 2.86. The van der Waals surface area contributed by atoms with E-state index in [4.69, 9.17) is 5.11 Å². The number of thioether (sulfide) groups is 1. The molecule has 0 aromatic carbocycles. The predicted molar refractivity (Wildman–Crippen MR) is 73.3 cm³/mol. The van der Waals surface area contributed by atoms with E-state index in [0.29, 0.717) is 17.1 Å². The molecule has 0 saturated heterocycles. The van der Waals surface area contributed by atoms with Crippen molar-refractivity contribution in [1.29, 1.82) is 5.26 Å². The van der Waals surface area contributed by atoms with Gasteiger partial charge in [-0.3, -0.25) is 4.79 Å². The van der Waals surface area contributed by atoms with Crippen LogP contribution in [-0.4, -0.2) is 23.2 Å². The summed E-state index contributed by atoms with van der Waals surface area (Å²) in [6.07, 6.45) is 1.32. The molecule has 0 fully saturated rings. The number of Topliss-reactive ketones (excluding diaryl/α,β-unsaturated/α-hetero) is 1. The molecule has 0 atom stereocenters. The van der Waals surface area contributed by atoms with Crippen LogP contribution in [0, 0.1) is 16.7 Å². The molecule has 0 amide bonds. The second-order valence-corrected chi connectivity index (χ2v) is 7.58. The molecule has 1 aliphatic carbocycles. The molecule has 5 heteroatoms. The Morgan fingerprint density at radius 3 is 2.83 bits per heavy atom. The smallest absolute Gasteiger partial charge is 0.165 e. The van der Waals surface area contributed by atoms with Crippen molar-refractivity contribution < 1.29 is 9.90 Å². The maximum atomic E-state index is 12.2. The normalized spacial score (nSPS) is 17.3. The molecule has 0 aliphatic heterocycles. The Labute approximate surface area is 115 Å². The average molecular weight is 281 g/mol. The zero-order valence-electron chi connectivity index (χ0n) is 10.4. The number of rotatable bonds is 3.